The van der Waals surface area contributed by atoms with Crippen LogP contribution in [0.1, 0.15) is 33.6 Å². The summed E-state index contributed by atoms with van der Waals surface area (Å²) in [6.07, 6.45) is 7.18. The van der Waals surface area contributed by atoms with Gasteiger partial charge in [0, 0.05) is 0 Å². The fourth-order valence-corrected chi connectivity index (χ4v) is 1.26. The standard InChI is InChI=1S/C9H16/c1-8(2)9(3)6-4-5-7-9/h4-5,8H,6-7H2,1-3H3. The van der Waals surface area contributed by atoms with Crippen LogP contribution in [0, 0.1) is 11.3 Å². The van der Waals surface area contributed by atoms with Gasteiger partial charge in [0.2, 0.25) is 0 Å². The molecule has 0 nitrogen and oxygen atoms in total. The van der Waals surface area contributed by atoms with Gasteiger partial charge >= 0.3 is 0 Å². The highest BCUT2D eigenvalue weighted by Gasteiger charge is 2.28. The van der Waals surface area contributed by atoms with Crippen LogP contribution in [0.3, 0.4) is 0 Å². The first-order valence-corrected chi connectivity index (χ1v) is 3.80. The predicted octanol–water partition coefficient (Wildman–Crippen LogP) is 3.00. The monoisotopic (exact) mass is 124 g/mol. The summed E-state index contributed by atoms with van der Waals surface area (Å²) in [6, 6.07) is 0. The van der Waals surface area contributed by atoms with E-state index in [1.165, 1.54) is 12.8 Å². The summed E-state index contributed by atoms with van der Waals surface area (Å²) < 4.78 is 0. The molecule has 0 N–H and O–H groups in total. The molecule has 0 unspecified atom stereocenters. The molecule has 1 rings (SSSR count). The third-order valence-corrected chi connectivity index (χ3v) is 2.73. The zero-order valence-corrected chi connectivity index (χ0v) is 6.65. The molecule has 0 saturated heterocycles. The van der Waals surface area contributed by atoms with E-state index in [1.54, 1.807) is 0 Å². The molecule has 0 spiro atoms. The van der Waals surface area contributed by atoms with E-state index < -0.39 is 0 Å². The Balaban J connectivity index is 2.55. The van der Waals surface area contributed by atoms with Gasteiger partial charge < -0.3 is 0 Å². The van der Waals surface area contributed by atoms with Crippen LogP contribution < -0.4 is 0 Å². The van der Waals surface area contributed by atoms with Crippen LogP contribution >= 0.6 is 0 Å². The van der Waals surface area contributed by atoms with Gasteiger partial charge in [-0.2, -0.15) is 0 Å². The Bertz CT molecular complexity index is 112. The largest absolute Gasteiger partial charge is 0.0880 e. The molecule has 0 radical (unpaired) electrons. The van der Waals surface area contributed by atoms with Gasteiger partial charge in [-0.1, -0.05) is 32.9 Å². The lowest BCUT2D eigenvalue weighted by molar-refractivity contribution is 0.239. The highest BCUT2D eigenvalue weighted by Crippen LogP contribution is 2.39. The molecule has 0 aromatic rings. The Kier molecular flexibility index (Phi) is 1.65. The highest BCUT2D eigenvalue weighted by molar-refractivity contribution is 5.01. The Hall–Kier alpha value is -0.260. The molecular weight excluding hydrogens is 108 g/mol. The molecule has 0 aliphatic heterocycles. The van der Waals surface area contributed by atoms with E-state index >= 15 is 0 Å². The first-order valence-electron chi connectivity index (χ1n) is 3.80. The van der Waals surface area contributed by atoms with Crippen molar-refractivity contribution in [3.05, 3.63) is 12.2 Å². The third-order valence-electron chi connectivity index (χ3n) is 2.73. The van der Waals surface area contributed by atoms with E-state index in [0.717, 1.165) is 5.92 Å². The summed E-state index contributed by atoms with van der Waals surface area (Å²) in [5.41, 5.74) is 0.583. The fourth-order valence-electron chi connectivity index (χ4n) is 1.26. The topological polar surface area (TPSA) is 0 Å². The first kappa shape index (κ1) is 6.85. The van der Waals surface area contributed by atoms with E-state index in [1.807, 2.05) is 0 Å². The van der Waals surface area contributed by atoms with Crippen molar-refractivity contribution in [3.8, 4) is 0 Å². The van der Waals surface area contributed by atoms with Crippen LogP contribution in [-0.4, -0.2) is 0 Å². The second-order valence-corrected chi connectivity index (χ2v) is 3.69. The van der Waals surface area contributed by atoms with E-state index in [9.17, 15) is 0 Å². The molecular formula is C9H16. The maximum atomic E-state index is 2.37. The molecule has 0 heterocycles. The van der Waals surface area contributed by atoms with Crippen LogP contribution in [0.25, 0.3) is 0 Å². The van der Waals surface area contributed by atoms with Gasteiger partial charge in [-0.15, -0.1) is 0 Å². The minimum Gasteiger partial charge on any atom is -0.0880 e. The Labute approximate surface area is 58.0 Å². The summed E-state index contributed by atoms with van der Waals surface area (Å²) in [4.78, 5) is 0. The molecule has 1 aliphatic rings. The van der Waals surface area contributed by atoms with Crippen LogP contribution in [0.15, 0.2) is 12.2 Å². The lowest BCUT2D eigenvalue weighted by Gasteiger charge is -2.28. The predicted molar refractivity (Wildman–Crippen MR) is 41.3 cm³/mol. The maximum absolute atomic E-state index is 2.37. The molecule has 0 amide bonds. The molecule has 52 valence electrons. The quantitative estimate of drug-likeness (QED) is 0.471. The van der Waals surface area contributed by atoms with E-state index in [0.29, 0.717) is 5.41 Å². The highest BCUT2D eigenvalue weighted by atomic mass is 14.3. The summed E-state index contributed by atoms with van der Waals surface area (Å²) in [5, 5.41) is 0. The van der Waals surface area contributed by atoms with E-state index in [4.69, 9.17) is 0 Å². The van der Waals surface area contributed by atoms with Crippen molar-refractivity contribution in [1.29, 1.82) is 0 Å². The van der Waals surface area contributed by atoms with Gasteiger partial charge in [0.1, 0.15) is 0 Å². The first-order chi connectivity index (χ1) is 4.15. The fraction of sp³-hybridized carbons (Fsp3) is 0.778. The van der Waals surface area contributed by atoms with Crippen molar-refractivity contribution in [1.82, 2.24) is 0 Å². The van der Waals surface area contributed by atoms with Gasteiger partial charge in [-0.25, -0.2) is 0 Å². The second-order valence-electron chi connectivity index (χ2n) is 3.69. The average Bonchev–Trinajstić information content (AvgIpc) is 2.16. The molecule has 0 heteroatoms. The van der Waals surface area contributed by atoms with Gasteiger partial charge in [0.05, 0.1) is 0 Å². The number of rotatable bonds is 1. The summed E-state index contributed by atoms with van der Waals surface area (Å²) in [6.45, 7) is 7.00. The van der Waals surface area contributed by atoms with Crippen LogP contribution in [-0.2, 0) is 0 Å². The normalized spacial score (nSPS) is 23.6. The Morgan fingerprint density at radius 1 is 1.22 bits per heavy atom. The maximum Gasteiger partial charge on any atom is -0.0234 e. The molecule has 0 aromatic heterocycles. The summed E-state index contributed by atoms with van der Waals surface area (Å²) in [7, 11) is 0. The average molecular weight is 124 g/mol. The SMILES string of the molecule is CC(C)C1(C)CC=CC1. The third kappa shape index (κ3) is 1.17. The van der Waals surface area contributed by atoms with Crippen molar-refractivity contribution in [2.75, 3.05) is 0 Å². The van der Waals surface area contributed by atoms with Gasteiger partial charge in [-0.3, -0.25) is 0 Å². The van der Waals surface area contributed by atoms with Crippen molar-refractivity contribution in [2.45, 2.75) is 33.6 Å². The van der Waals surface area contributed by atoms with Crippen LogP contribution in [0.5, 0.6) is 0 Å². The van der Waals surface area contributed by atoms with Crippen molar-refractivity contribution >= 4 is 0 Å². The smallest absolute Gasteiger partial charge is 0.0234 e. The molecule has 0 saturated carbocycles. The van der Waals surface area contributed by atoms with Crippen molar-refractivity contribution in [2.24, 2.45) is 11.3 Å². The van der Waals surface area contributed by atoms with Crippen molar-refractivity contribution in [3.63, 3.8) is 0 Å². The van der Waals surface area contributed by atoms with Crippen molar-refractivity contribution < 1.29 is 0 Å². The minimum atomic E-state index is 0.583. The van der Waals surface area contributed by atoms with Gasteiger partial charge in [-0.05, 0) is 24.2 Å². The molecule has 0 aromatic carbocycles. The number of hydrogen-bond donors (Lipinski definition) is 0. The number of hydrogen-bond acceptors (Lipinski definition) is 0. The number of allylic oxidation sites excluding steroid dienone is 2. The molecule has 0 bridgehead atoms. The molecule has 9 heavy (non-hydrogen) atoms. The molecule has 0 atom stereocenters. The lowest BCUT2D eigenvalue weighted by atomic mass is 9.77. The van der Waals surface area contributed by atoms with Gasteiger partial charge in [0.15, 0.2) is 0 Å². The van der Waals surface area contributed by atoms with Crippen LogP contribution in [0.2, 0.25) is 0 Å². The molecule has 1 aliphatic carbocycles. The Morgan fingerprint density at radius 2 is 1.67 bits per heavy atom. The second kappa shape index (κ2) is 2.17. The zero-order valence-electron chi connectivity index (χ0n) is 6.65. The van der Waals surface area contributed by atoms with Crippen LogP contribution in [0.4, 0.5) is 0 Å². The minimum absolute atomic E-state index is 0.583. The zero-order chi connectivity index (χ0) is 6.91. The van der Waals surface area contributed by atoms with Gasteiger partial charge in [0.25, 0.3) is 0 Å². The van der Waals surface area contributed by atoms with E-state index in [2.05, 4.69) is 32.9 Å². The Morgan fingerprint density at radius 3 is 1.89 bits per heavy atom. The molecule has 0 fully saturated rings. The lowest BCUT2D eigenvalue weighted by Crippen LogP contribution is -2.18. The summed E-state index contributed by atoms with van der Waals surface area (Å²) >= 11 is 0. The summed E-state index contributed by atoms with van der Waals surface area (Å²) in [5.74, 6) is 0.826. The van der Waals surface area contributed by atoms with E-state index in [-0.39, 0.29) is 0 Å².